The summed E-state index contributed by atoms with van der Waals surface area (Å²) in [6.07, 6.45) is 0. The number of carbonyl (C=O) groups is 1. The van der Waals surface area contributed by atoms with Gasteiger partial charge in [0.15, 0.2) is 0 Å². The standard InChI is InChI=1S/C14H13N3OS/c1-8(18)17-11-4-2-9(15)6-13(11)19-14-7-10(16)3-5-12(14)17/h2-7H,15-16H2,1H3. The monoisotopic (exact) mass is 271 g/mol. The first-order valence-electron chi connectivity index (χ1n) is 5.84. The molecule has 0 atom stereocenters. The summed E-state index contributed by atoms with van der Waals surface area (Å²) in [5, 5.41) is 0. The third-order valence-corrected chi connectivity index (χ3v) is 4.08. The Morgan fingerprint density at radius 2 is 1.47 bits per heavy atom. The van der Waals surface area contributed by atoms with Gasteiger partial charge >= 0.3 is 0 Å². The summed E-state index contributed by atoms with van der Waals surface area (Å²) in [7, 11) is 0. The van der Waals surface area contributed by atoms with Crippen LogP contribution in [-0.2, 0) is 4.79 Å². The zero-order chi connectivity index (χ0) is 13.6. The molecule has 0 aromatic heterocycles. The molecule has 4 nitrogen and oxygen atoms in total. The Morgan fingerprint density at radius 1 is 1.00 bits per heavy atom. The first-order chi connectivity index (χ1) is 9.06. The molecule has 0 aliphatic carbocycles. The van der Waals surface area contributed by atoms with Gasteiger partial charge in [-0.25, -0.2) is 0 Å². The predicted molar refractivity (Wildman–Crippen MR) is 78.7 cm³/mol. The van der Waals surface area contributed by atoms with Crippen LogP contribution in [0.3, 0.4) is 0 Å². The number of fused-ring (bicyclic) bond motifs is 2. The SMILES string of the molecule is CC(=O)N1c2ccc(N)cc2Sc2cc(N)ccc21. The molecule has 0 radical (unpaired) electrons. The summed E-state index contributed by atoms with van der Waals surface area (Å²) in [5.74, 6) is -0.0302. The van der Waals surface area contributed by atoms with Crippen LogP contribution in [0.2, 0.25) is 0 Å². The maximum absolute atomic E-state index is 11.9. The van der Waals surface area contributed by atoms with E-state index in [2.05, 4.69) is 0 Å². The summed E-state index contributed by atoms with van der Waals surface area (Å²) in [4.78, 5) is 15.6. The van der Waals surface area contributed by atoms with E-state index in [0.29, 0.717) is 11.4 Å². The Balaban J connectivity index is 2.23. The maximum Gasteiger partial charge on any atom is 0.228 e. The van der Waals surface area contributed by atoms with Gasteiger partial charge in [-0.05, 0) is 36.4 Å². The highest BCUT2D eigenvalue weighted by molar-refractivity contribution is 7.99. The van der Waals surface area contributed by atoms with E-state index in [0.717, 1.165) is 21.2 Å². The lowest BCUT2D eigenvalue weighted by molar-refractivity contribution is -0.115. The normalized spacial score (nSPS) is 12.8. The Bertz CT molecular complexity index is 633. The quantitative estimate of drug-likeness (QED) is 0.722. The molecule has 2 aromatic carbocycles. The number of amides is 1. The van der Waals surface area contributed by atoms with Crippen LogP contribution in [0.15, 0.2) is 46.2 Å². The molecule has 5 heteroatoms. The number of nitrogens with zero attached hydrogens (tertiary/aromatic N) is 1. The number of nitrogen functional groups attached to an aromatic ring is 2. The fourth-order valence-electron chi connectivity index (χ4n) is 2.18. The van der Waals surface area contributed by atoms with Gasteiger partial charge in [-0.15, -0.1) is 0 Å². The van der Waals surface area contributed by atoms with Crippen molar-refractivity contribution in [3.05, 3.63) is 36.4 Å². The fraction of sp³-hybridized carbons (Fsp3) is 0.0714. The number of carbonyl (C=O) groups excluding carboxylic acids is 1. The van der Waals surface area contributed by atoms with Gasteiger partial charge < -0.3 is 11.5 Å². The maximum atomic E-state index is 11.9. The fourth-order valence-corrected chi connectivity index (χ4v) is 3.34. The lowest BCUT2D eigenvalue weighted by atomic mass is 10.2. The van der Waals surface area contributed by atoms with Gasteiger partial charge in [0, 0.05) is 28.1 Å². The molecule has 1 aliphatic rings. The van der Waals surface area contributed by atoms with Crippen molar-refractivity contribution in [2.45, 2.75) is 16.7 Å². The molecule has 0 saturated heterocycles. The Labute approximate surface area is 115 Å². The van der Waals surface area contributed by atoms with Crippen molar-refractivity contribution in [3.63, 3.8) is 0 Å². The molecule has 96 valence electrons. The molecule has 19 heavy (non-hydrogen) atoms. The summed E-state index contributed by atoms with van der Waals surface area (Å²) in [6.45, 7) is 1.55. The Hall–Kier alpha value is -2.14. The number of rotatable bonds is 0. The van der Waals surface area contributed by atoms with Gasteiger partial charge in [-0.2, -0.15) is 0 Å². The number of hydrogen-bond acceptors (Lipinski definition) is 4. The van der Waals surface area contributed by atoms with Crippen molar-refractivity contribution in [3.8, 4) is 0 Å². The van der Waals surface area contributed by atoms with E-state index in [1.807, 2.05) is 24.3 Å². The molecule has 0 saturated carbocycles. The number of benzene rings is 2. The van der Waals surface area contributed by atoms with Crippen LogP contribution in [0, 0.1) is 0 Å². The summed E-state index contributed by atoms with van der Waals surface area (Å²) in [6, 6.07) is 11.1. The van der Waals surface area contributed by atoms with Crippen LogP contribution in [0.5, 0.6) is 0 Å². The van der Waals surface area contributed by atoms with E-state index < -0.39 is 0 Å². The predicted octanol–water partition coefficient (Wildman–Crippen LogP) is 3.00. The molecule has 0 unspecified atom stereocenters. The number of hydrogen-bond donors (Lipinski definition) is 2. The van der Waals surface area contributed by atoms with E-state index in [1.54, 1.807) is 35.7 Å². The molecular weight excluding hydrogens is 258 g/mol. The summed E-state index contributed by atoms with van der Waals surface area (Å²) >= 11 is 1.58. The second-order valence-corrected chi connectivity index (χ2v) is 5.49. The van der Waals surface area contributed by atoms with E-state index >= 15 is 0 Å². The highest BCUT2D eigenvalue weighted by Crippen LogP contribution is 2.49. The molecule has 0 fully saturated rings. The minimum Gasteiger partial charge on any atom is -0.399 e. The molecule has 1 heterocycles. The van der Waals surface area contributed by atoms with Gasteiger partial charge in [-0.1, -0.05) is 11.8 Å². The van der Waals surface area contributed by atoms with Gasteiger partial charge in [0.1, 0.15) is 0 Å². The third-order valence-electron chi connectivity index (χ3n) is 2.98. The lowest BCUT2D eigenvalue weighted by Gasteiger charge is -2.30. The lowest BCUT2D eigenvalue weighted by Crippen LogP contribution is -2.25. The largest absolute Gasteiger partial charge is 0.399 e. The van der Waals surface area contributed by atoms with Crippen molar-refractivity contribution in [2.24, 2.45) is 0 Å². The zero-order valence-electron chi connectivity index (χ0n) is 10.4. The highest BCUT2D eigenvalue weighted by atomic mass is 32.2. The summed E-state index contributed by atoms with van der Waals surface area (Å²) in [5.41, 5.74) is 14.7. The number of nitrogens with two attached hydrogens (primary N) is 2. The van der Waals surface area contributed by atoms with Gasteiger partial charge in [0.05, 0.1) is 11.4 Å². The number of anilines is 4. The second-order valence-electron chi connectivity index (χ2n) is 4.41. The molecule has 0 bridgehead atoms. The molecule has 1 aliphatic heterocycles. The van der Waals surface area contributed by atoms with Crippen LogP contribution in [0.1, 0.15) is 6.92 Å². The van der Waals surface area contributed by atoms with Crippen molar-refractivity contribution < 1.29 is 4.79 Å². The minimum absolute atomic E-state index is 0.0302. The Kier molecular flexibility index (Phi) is 2.64. The molecule has 0 spiro atoms. The minimum atomic E-state index is -0.0302. The second kappa shape index (κ2) is 4.20. The van der Waals surface area contributed by atoms with Gasteiger partial charge in [0.25, 0.3) is 0 Å². The average molecular weight is 271 g/mol. The van der Waals surface area contributed by atoms with Gasteiger partial charge in [0.2, 0.25) is 5.91 Å². The van der Waals surface area contributed by atoms with Crippen molar-refractivity contribution in [1.82, 2.24) is 0 Å². The van der Waals surface area contributed by atoms with Crippen molar-refractivity contribution in [1.29, 1.82) is 0 Å². The molecular formula is C14H13N3OS. The van der Waals surface area contributed by atoms with E-state index in [4.69, 9.17) is 11.5 Å². The van der Waals surface area contributed by atoms with Gasteiger partial charge in [-0.3, -0.25) is 9.69 Å². The van der Waals surface area contributed by atoms with Crippen LogP contribution < -0.4 is 16.4 Å². The molecule has 1 amide bonds. The molecule has 2 aromatic rings. The smallest absolute Gasteiger partial charge is 0.228 e. The average Bonchev–Trinajstić information content (AvgIpc) is 2.35. The zero-order valence-corrected chi connectivity index (χ0v) is 11.2. The van der Waals surface area contributed by atoms with E-state index in [-0.39, 0.29) is 5.91 Å². The van der Waals surface area contributed by atoms with Crippen LogP contribution in [0.25, 0.3) is 0 Å². The highest BCUT2D eigenvalue weighted by Gasteiger charge is 2.26. The van der Waals surface area contributed by atoms with Crippen LogP contribution in [0.4, 0.5) is 22.7 Å². The first-order valence-corrected chi connectivity index (χ1v) is 6.65. The molecule has 4 N–H and O–H groups in total. The summed E-state index contributed by atoms with van der Waals surface area (Å²) < 4.78 is 0. The van der Waals surface area contributed by atoms with E-state index in [9.17, 15) is 4.79 Å². The third kappa shape index (κ3) is 1.92. The Morgan fingerprint density at radius 3 is 1.89 bits per heavy atom. The topological polar surface area (TPSA) is 72.3 Å². The van der Waals surface area contributed by atoms with Crippen LogP contribution in [-0.4, -0.2) is 5.91 Å². The van der Waals surface area contributed by atoms with Crippen LogP contribution >= 0.6 is 11.8 Å². The van der Waals surface area contributed by atoms with Crippen molar-refractivity contribution >= 4 is 40.4 Å². The first kappa shape index (κ1) is 11.9. The van der Waals surface area contributed by atoms with Crippen molar-refractivity contribution in [2.75, 3.05) is 16.4 Å². The molecule has 3 rings (SSSR count). The van der Waals surface area contributed by atoms with E-state index in [1.165, 1.54) is 0 Å².